The van der Waals surface area contributed by atoms with Crippen molar-refractivity contribution in [3.05, 3.63) is 168 Å². The van der Waals surface area contributed by atoms with E-state index in [2.05, 4.69) is 237 Å². The van der Waals surface area contributed by atoms with Crippen LogP contribution in [0.4, 0.5) is 0 Å². The summed E-state index contributed by atoms with van der Waals surface area (Å²) in [5.41, 5.74) is 7.41. The molecule has 0 unspecified atom stereocenters. The van der Waals surface area contributed by atoms with Gasteiger partial charge in [-0.05, 0) is 21.7 Å². The van der Waals surface area contributed by atoms with E-state index >= 15 is 0 Å². The van der Waals surface area contributed by atoms with Crippen LogP contribution in [0.25, 0.3) is 43.1 Å². The molecule has 328 valence electrons. The Morgan fingerprint density at radius 1 is 0.323 bits per heavy atom. The van der Waals surface area contributed by atoms with Crippen LogP contribution in [-0.2, 0) is 74.2 Å². The molecule has 8 aromatic carbocycles. The van der Waals surface area contributed by atoms with E-state index in [4.69, 9.17) is 0 Å². The molecule has 0 spiro atoms. The molecule has 8 aromatic rings. The van der Waals surface area contributed by atoms with E-state index in [1.807, 2.05) is 0 Å². The van der Waals surface area contributed by atoms with Gasteiger partial charge >= 0.3 is 56.9 Å². The summed E-state index contributed by atoms with van der Waals surface area (Å²) in [5.74, 6) is 0. The van der Waals surface area contributed by atoms with Crippen molar-refractivity contribution in [1.29, 1.82) is 0 Å². The molecule has 0 heterocycles. The van der Waals surface area contributed by atoms with E-state index in [1.54, 1.807) is 0 Å². The fourth-order valence-corrected chi connectivity index (χ4v) is 7.76. The zero-order chi connectivity index (χ0) is 44.7. The minimum absolute atomic E-state index is 0. The predicted molar refractivity (Wildman–Crippen MR) is 265 cm³/mol. The second-order valence-corrected chi connectivity index (χ2v) is 20.7. The quantitative estimate of drug-likeness (QED) is 0.154. The maximum atomic E-state index is 3.34. The SMILES string of the molecule is CC(C)(C)Cc1c[cH-]c2ccccc12.CC(C)(C)Cc1c[cH-]c2ccccc12.CC(C)(C)Cc1c[cH-]c2ccccc12.CC(C)(C)Cc1c[cH-]c2ccccc12.[CH2]=[Zr+2].[CH2]=[Zr+2].[Cl-].[Cl-]. The Labute approximate surface area is 419 Å². The molecule has 0 aliphatic rings. The van der Waals surface area contributed by atoms with E-state index in [0.717, 1.165) is 25.7 Å². The van der Waals surface area contributed by atoms with Crippen LogP contribution in [0, 0.1) is 21.7 Å². The van der Waals surface area contributed by atoms with Gasteiger partial charge in [0, 0.05) is 0 Å². The number of benzene rings is 4. The third-order valence-corrected chi connectivity index (χ3v) is 9.97. The monoisotopic (exact) mass is 1020 g/mol. The molecule has 4 heteroatoms. The Hall–Kier alpha value is -2.59. The second-order valence-electron chi connectivity index (χ2n) is 20.7. The van der Waals surface area contributed by atoms with Crippen LogP contribution in [0.15, 0.2) is 146 Å². The van der Waals surface area contributed by atoms with Crippen LogP contribution in [0.1, 0.15) is 105 Å². The summed E-state index contributed by atoms with van der Waals surface area (Å²) in [5, 5.41) is 11.1. The van der Waals surface area contributed by atoms with Gasteiger partial charge in [-0.1, -0.05) is 133 Å². The molecular formula is C58H72Cl2Zr2-2. The van der Waals surface area contributed by atoms with Gasteiger partial charge in [-0.25, -0.2) is 0 Å². The first-order valence-electron chi connectivity index (χ1n) is 21.5. The zero-order valence-corrected chi connectivity index (χ0v) is 46.3. The normalized spacial score (nSPS) is 11.2. The van der Waals surface area contributed by atoms with E-state index in [-0.39, 0.29) is 24.8 Å². The van der Waals surface area contributed by atoms with E-state index < -0.39 is 0 Å². The molecule has 0 atom stereocenters. The standard InChI is InChI=1S/4C14H17.2CH2.2ClH.2Zr/c4*1-14(2,3)10-12-9-8-11-6-4-5-7-13(11)12;;;;;;/h4*4-9H,10H2,1-3H3;2*1H2;2*1H;;/q4*-1;;;;;2*+2/p-2. The topological polar surface area (TPSA) is 0 Å². The number of halogens is 2. The smallest absolute Gasteiger partial charge is 1.00 e. The van der Waals surface area contributed by atoms with Gasteiger partial charge in [-0.3, -0.25) is 0 Å². The summed E-state index contributed by atoms with van der Waals surface area (Å²) in [6.07, 6.45) is 4.61. The van der Waals surface area contributed by atoms with Crippen LogP contribution in [0.5, 0.6) is 0 Å². The van der Waals surface area contributed by atoms with Crippen molar-refractivity contribution in [2.45, 2.75) is 109 Å². The van der Waals surface area contributed by atoms with Crippen LogP contribution in [0.2, 0.25) is 0 Å². The Kier molecular flexibility index (Phi) is 24.4. The van der Waals surface area contributed by atoms with Gasteiger partial charge in [-0.2, -0.15) is 22.3 Å². The summed E-state index contributed by atoms with van der Waals surface area (Å²) in [6.45, 7) is 27.4. The van der Waals surface area contributed by atoms with Crippen LogP contribution in [0.3, 0.4) is 0 Å². The molecule has 0 nitrogen and oxygen atoms in total. The second kappa shape index (κ2) is 26.4. The molecule has 0 N–H and O–H groups in total. The molecule has 0 aliphatic carbocycles. The number of rotatable bonds is 4. The maximum absolute atomic E-state index is 3.34. The Balaban J connectivity index is 0.000000398. The molecule has 0 bridgehead atoms. The molecule has 8 rings (SSSR count). The Morgan fingerprint density at radius 2 is 0.484 bits per heavy atom. The maximum Gasteiger partial charge on any atom is -1.00 e. The molecule has 0 aromatic heterocycles. The van der Waals surface area contributed by atoms with Crippen molar-refractivity contribution in [1.82, 2.24) is 0 Å². The largest absolute Gasteiger partial charge is 1.00 e. The average Bonchev–Trinajstić information content (AvgIpc) is 3.99. The van der Waals surface area contributed by atoms with Crippen molar-refractivity contribution >= 4 is 51.5 Å². The first kappa shape index (κ1) is 57.4. The van der Waals surface area contributed by atoms with Gasteiger partial charge < -0.3 is 24.8 Å². The van der Waals surface area contributed by atoms with Gasteiger partial charge in [0.25, 0.3) is 0 Å². The summed E-state index contributed by atoms with van der Waals surface area (Å²) >= 11 is 2.60. The molecule has 0 amide bonds. The number of fused-ring (bicyclic) bond motifs is 4. The summed E-state index contributed by atoms with van der Waals surface area (Å²) < 4.78 is 6.68. The molecule has 0 aliphatic heterocycles. The minimum Gasteiger partial charge on any atom is -1.00 e. The van der Waals surface area contributed by atoms with Gasteiger partial charge in [0.1, 0.15) is 0 Å². The first-order chi connectivity index (χ1) is 28.2. The summed E-state index contributed by atoms with van der Waals surface area (Å²) in [6, 6.07) is 52.4. The fourth-order valence-electron chi connectivity index (χ4n) is 7.76. The van der Waals surface area contributed by atoms with Crippen molar-refractivity contribution in [2.75, 3.05) is 0 Å². The summed E-state index contributed by atoms with van der Waals surface area (Å²) in [4.78, 5) is 0. The number of hydrogen-bond donors (Lipinski definition) is 0. The van der Waals surface area contributed by atoms with E-state index in [9.17, 15) is 0 Å². The molecule has 0 fully saturated rings. The zero-order valence-electron chi connectivity index (χ0n) is 39.9. The first-order valence-corrected chi connectivity index (χ1v) is 25.0. The van der Waals surface area contributed by atoms with Crippen molar-refractivity contribution < 1.29 is 73.3 Å². The van der Waals surface area contributed by atoms with Crippen LogP contribution in [-0.4, -0.2) is 8.42 Å². The fraction of sp³-hybridized carbons (Fsp3) is 0.345. The van der Waals surface area contributed by atoms with Gasteiger partial charge in [0.15, 0.2) is 0 Å². The van der Waals surface area contributed by atoms with Gasteiger partial charge in [0.2, 0.25) is 0 Å². The van der Waals surface area contributed by atoms with Gasteiger partial charge in [0.05, 0.1) is 0 Å². The molecule has 0 radical (unpaired) electrons. The third-order valence-electron chi connectivity index (χ3n) is 9.97. The van der Waals surface area contributed by atoms with Crippen molar-refractivity contribution in [3.8, 4) is 0 Å². The summed E-state index contributed by atoms with van der Waals surface area (Å²) in [7, 11) is 0. The van der Waals surface area contributed by atoms with E-state index in [0.29, 0.717) is 21.7 Å². The molecule has 0 saturated heterocycles. The Bertz CT molecular complexity index is 2110. The Morgan fingerprint density at radius 3 is 0.645 bits per heavy atom. The van der Waals surface area contributed by atoms with Crippen LogP contribution >= 0.6 is 0 Å². The average molecular weight is 1020 g/mol. The van der Waals surface area contributed by atoms with Crippen molar-refractivity contribution in [2.24, 2.45) is 21.7 Å². The van der Waals surface area contributed by atoms with Gasteiger partial charge in [-0.15, -0.1) is 164 Å². The van der Waals surface area contributed by atoms with Crippen LogP contribution < -0.4 is 24.8 Å². The van der Waals surface area contributed by atoms with Crippen molar-refractivity contribution in [3.63, 3.8) is 0 Å². The molecule has 62 heavy (non-hydrogen) atoms. The van der Waals surface area contributed by atoms with E-state index in [1.165, 1.54) is 114 Å². The third kappa shape index (κ3) is 19.3. The number of hydrogen-bond acceptors (Lipinski definition) is 0. The molecule has 0 saturated carbocycles. The molecular weight excluding hydrogens is 950 g/mol. The predicted octanol–water partition coefficient (Wildman–Crippen LogP) is 10.5. The minimum atomic E-state index is 0.